The Kier molecular flexibility index (Phi) is 6.39. The Hall–Kier alpha value is -1.24. The minimum Gasteiger partial charge on any atom is -0.490 e. The number of rotatable bonds is 7. The number of hydrogen-bond acceptors (Lipinski definition) is 1. The predicted octanol–water partition coefficient (Wildman–Crippen LogP) is 4.37. The summed E-state index contributed by atoms with van der Waals surface area (Å²) in [4.78, 5) is 0. The predicted molar refractivity (Wildman–Crippen MR) is 70.0 cm³/mol. The lowest BCUT2D eigenvalue weighted by molar-refractivity contribution is 0.362. The molecule has 16 heavy (non-hydrogen) atoms. The van der Waals surface area contributed by atoms with Crippen molar-refractivity contribution in [2.24, 2.45) is 0 Å². The van der Waals surface area contributed by atoms with Gasteiger partial charge < -0.3 is 4.74 Å². The van der Waals surface area contributed by atoms with Crippen LogP contribution < -0.4 is 4.74 Å². The topological polar surface area (TPSA) is 9.23 Å². The van der Waals surface area contributed by atoms with Crippen LogP contribution in [-0.2, 0) is 6.42 Å². The number of aryl methyl sites for hydroxylation is 1. The highest BCUT2D eigenvalue weighted by molar-refractivity contribution is 5.27. The van der Waals surface area contributed by atoms with Crippen LogP contribution in [0.1, 0.15) is 38.7 Å². The highest BCUT2D eigenvalue weighted by Crippen LogP contribution is 2.13. The first-order chi connectivity index (χ1) is 7.86. The molecule has 1 aromatic rings. The van der Waals surface area contributed by atoms with Crippen LogP contribution in [-0.4, -0.2) is 6.61 Å². The molecular formula is C15H22O. The fourth-order valence-corrected chi connectivity index (χ4v) is 1.51. The Morgan fingerprint density at radius 3 is 2.44 bits per heavy atom. The molecule has 1 heteroatoms. The molecule has 0 spiro atoms. The van der Waals surface area contributed by atoms with Crippen LogP contribution in [0.5, 0.6) is 5.75 Å². The zero-order valence-electron chi connectivity index (χ0n) is 10.4. The maximum Gasteiger partial charge on any atom is 0.119 e. The molecule has 0 saturated carbocycles. The lowest BCUT2D eigenvalue weighted by atomic mass is 10.1. The third-order valence-electron chi connectivity index (χ3n) is 2.49. The van der Waals surface area contributed by atoms with Gasteiger partial charge in [0.15, 0.2) is 0 Å². The van der Waals surface area contributed by atoms with Crippen molar-refractivity contribution in [2.45, 2.75) is 39.5 Å². The van der Waals surface area contributed by atoms with E-state index in [0.717, 1.165) is 12.2 Å². The molecule has 88 valence electrons. The summed E-state index contributed by atoms with van der Waals surface area (Å²) in [6.45, 7) is 5.01. The Labute approximate surface area is 99.1 Å². The quantitative estimate of drug-likeness (QED) is 0.617. The van der Waals surface area contributed by atoms with E-state index in [4.69, 9.17) is 4.74 Å². The van der Waals surface area contributed by atoms with E-state index < -0.39 is 0 Å². The van der Waals surface area contributed by atoms with E-state index >= 15 is 0 Å². The number of allylic oxidation sites excluding steroid dienone is 1. The van der Waals surface area contributed by atoms with Crippen LogP contribution >= 0.6 is 0 Å². The Balaban J connectivity index is 2.36. The highest BCUT2D eigenvalue weighted by Gasteiger charge is 1.94. The van der Waals surface area contributed by atoms with Crippen molar-refractivity contribution in [3.05, 3.63) is 42.0 Å². The summed E-state index contributed by atoms with van der Waals surface area (Å²) in [5.74, 6) is 0.959. The van der Waals surface area contributed by atoms with Gasteiger partial charge in [-0.05, 0) is 37.0 Å². The number of benzene rings is 1. The second-order valence-corrected chi connectivity index (χ2v) is 3.94. The first-order valence-corrected chi connectivity index (χ1v) is 6.23. The first-order valence-electron chi connectivity index (χ1n) is 6.23. The van der Waals surface area contributed by atoms with E-state index in [9.17, 15) is 0 Å². The van der Waals surface area contributed by atoms with Gasteiger partial charge in [0.25, 0.3) is 0 Å². The van der Waals surface area contributed by atoms with Gasteiger partial charge in [0.1, 0.15) is 12.4 Å². The van der Waals surface area contributed by atoms with Crippen molar-refractivity contribution in [1.82, 2.24) is 0 Å². The standard InChI is InChI=1S/C15H22O/c1-3-5-7-13-16-15-11-9-14(10-12-15)8-6-4-2/h5,7,9-12H,3-4,6,8,13H2,1-2H3/b7-5+. The second-order valence-electron chi connectivity index (χ2n) is 3.94. The van der Waals surface area contributed by atoms with Crippen LogP contribution in [0.3, 0.4) is 0 Å². The summed E-state index contributed by atoms with van der Waals surface area (Å²) < 4.78 is 5.58. The second kappa shape index (κ2) is 7.98. The van der Waals surface area contributed by atoms with Crippen LogP contribution in [0.4, 0.5) is 0 Å². The summed E-state index contributed by atoms with van der Waals surface area (Å²) in [6.07, 6.45) is 8.94. The molecule has 0 aliphatic heterocycles. The number of ether oxygens (including phenoxy) is 1. The van der Waals surface area contributed by atoms with Crippen LogP contribution in [0.25, 0.3) is 0 Å². The smallest absolute Gasteiger partial charge is 0.119 e. The van der Waals surface area contributed by atoms with Gasteiger partial charge in [-0.15, -0.1) is 0 Å². The van der Waals surface area contributed by atoms with E-state index in [0.29, 0.717) is 6.61 Å². The highest BCUT2D eigenvalue weighted by atomic mass is 16.5. The molecule has 0 radical (unpaired) electrons. The molecule has 0 aromatic heterocycles. The molecule has 0 saturated heterocycles. The first kappa shape index (κ1) is 12.8. The van der Waals surface area contributed by atoms with Gasteiger partial charge in [-0.25, -0.2) is 0 Å². The fraction of sp³-hybridized carbons (Fsp3) is 0.467. The SMILES string of the molecule is CC/C=C/COc1ccc(CCCC)cc1. The Morgan fingerprint density at radius 1 is 1.06 bits per heavy atom. The van der Waals surface area contributed by atoms with Crippen molar-refractivity contribution in [2.75, 3.05) is 6.61 Å². The van der Waals surface area contributed by atoms with Gasteiger partial charge in [0, 0.05) is 0 Å². The van der Waals surface area contributed by atoms with Crippen LogP contribution in [0.15, 0.2) is 36.4 Å². The number of unbranched alkanes of at least 4 members (excludes halogenated alkanes) is 1. The molecule has 0 heterocycles. The molecule has 0 bridgehead atoms. The minimum absolute atomic E-state index is 0.669. The zero-order valence-corrected chi connectivity index (χ0v) is 10.4. The third kappa shape index (κ3) is 5.01. The van der Waals surface area contributed by atoms with Gasteiger partial charge in [-0.2, -0.15) is 0 Å². The van der Waals surface area contributed by atoms with Gasteiger partial charge in [-0.1, -0.05) is 44.6 Å². The summed E-state index contributed by atoms with van der Waals surface area (Å²) in [5, 5.41) is 0. The van der Waals surface area contributed by atoms with Crippen molar-refractivity contribution < 1.29 is 4.74 Å². The molecule has 0 aliphatic carbocycles. The van der Waals surface area contributed by atoms with Crippen LogP contribution in [0, 0.1) is 0 Å². The molecule has 0 atom stereocenters. The molecule has 1 nitrogen and oxygen atoms in total. The lowest BCUT2D eigenvalue weighted by Gasteiger charge is -2.04. The van der Waals surface area contributed by atoms with Crippen molar-refractivity contribution in [3.63, 3.8) is 0 Å². The van der Waals surface area contributed by atoms with E-state index in [1.54, 1.807) is 0 Å². The lowest BCUT2D eigenvalue weighted by Crippen LogP contribution is -1.93. The molecule has 0 unspecified atom stereocenters. The van der Waals surface area contributed by atoms with Gasteiger partial charge in [0.2, 0.25) is 0 Å². The van der Waals surface area contributed by atoms with E-state index in [-0.39, 0.29) is 0 Å². The molecule has 0 aliphatic rings. The average molecular weight is 218 g/mol. The molecule has 0 fully saturated rings. The summed E-state index contributed by atoms with van der Waals surface area (Å²) in [5.41, 5.74) is 1.40. The zero-order chi connectivity index (χ0) is 11.6. The third-order valence-corrected chi connectivity index (χ3v) is 2.49. The van der Waals surface area contributed by atoms with Gasteiger partial charge in [0.05, 0.1) is 0 Å². The number of hydrogen-bond donors (Lipinski definition) is 0. The maximum absolute atomic E-state index is 5.58. The average Bonchev–Trinajstić information content (AvgIpc) is 2.33. The van der Waals surface area contributed by atoms with Crippen molar-refractivity contribution in [1.29, 1.82) is 0 Å². The normalized spacial score (nSPS) is 10.9. The molecule has 1 aromatic carbocycles. The molecule has 1 rings (SSSR count). The monoisotopic (exact) mass is 218 g/mol. The largest absolute Gasteiger partial charge is 0.490 e. The van der Waals surface area contributed by atoms with E-state index in [1.807, 2.05) is 0 Å². The van der Waals surface area contributed by atoms with Crippen molar-refractivity contribution >= 4 is 0 Å². The summed E-state index contributed by atoms with van der Waals surface area (Å²) in [6, 6.07) is 8.44. The summed E-state index contributed by atoms with van der Waals surface area (Å²) >= 11 is 0. The van der Waals surface area contributed by atoms with Gasteiger partial charge in [-0.3, -0.25) is 0 Å². The van der Waals surface area contributed by atoms with E-state index in [1.165, 1.54) is 24.8 Å². The fourth-order valence-electron chi connectivity index (χ4n) is 1.51. The Bertz CT molecular complexity index is 298. The molecule has 0 amide bonds. The summed E-state index contributed by atoms with van der Waals surface area (Å²) in [7, 11) is 0. The van der Waals surface area contributed by atoms with Crippen LogP contribution in [0.2, 0.25) is 0 Å². The maximum atomic E-state index is 5.58. The minimum atomic E-state index is 0.669. The van der Waals surface area contributed by atoms with E-state index in [2.05, 4.69) is 50.3 Å². The van der Waals surface area contributed by atoms with Gasteiger partial charge >= 0.3 is 0 Å². The Morgan fingerprint density at radius 2 is 1.81 bits per heavy atom. The molecule has 0 N–H and O–H groups in total. The molecular weight excluding hydrogens is 196 g/mol. The van der Waals surface area contributed by atoms with Crippen molar-refractivity contribution in [3.8, 4) is 5.75 Å².